The second-order valence-electron chi connectivity index (χ2n) is 4.50. The molecule has 0 spiro atoms. The van der Waals surface area contributed by atoms with Gasteiger partial charge in [-0.2, -0.15) is 0 Å². The molecule has 0 saturated heterocycles. The minimum atomic E-state index is -0.877. The van der Waals surface area contributed by atoms with E-state index in [0.717, 1.165) is 5.56 Å². The zero-order chi connectivity index (χ0) is 17.1. The number of carboxylic acids is 1. The predicted molar refractivity (Wildman–Crippen MR) is 95.3 cm³/mol. The normalized spacial score (nSPS) is 9.83. The Kier molecular flexibility index (Phi) is 7.86. The van der Waals surface area contributed by atoms with Gasteiger partial charge in [-0.1, -0.05) is 56.3 Å². The van der Waals surface area contributed by atoms with E-state index in [0.29, 0.717) is 11.3 Å². The molecular formula is C19H23NO3. The zero-order valence-electron chi connectivity index (χ0n) is 13.3. The highest BCUT2D eigenvalue weighted by Crippen LogP contribution is 2.10. The number of aliphatic carboxylic acids is 1. The number of nitrogens with one attached hydrogen (secondary N) is 1. The fourth-order valence-electron chi connectivity index (χ4n) is 1.80. The molecule has 2 aromatic rings. The zero-order valence-corrected chi connectivity index (χ0v) is 13.3. The third-order valence-electron chi connectivity index (χ3n) is 2.80. The van der Waals surface area contributed by atoms with Crippen LogP contribution in [0, 0.1) is 0 Å². The summed E-state index contributed by atoms with van der Waals surface area (Å²) < 4.78 is 0. The standard InChI is InChI=1S/C17H15NO3.C2H6.H2/c19-16(11-8-13-4-2-1-3-5-13)18-15-9-6-14(7-10-15)12-17(20)21;1-2;/h1-11H,12H2,(H,18,19)(H,20,21);1-2H3;1H/b11-8+;;. The van der Waals surface area contributed by atoms with Gasteiger partial charge in [0.2, 0.25) is 5.91 Å². The second kappa shape index (κ2) is 9.95. The SMILES string of the molecule is CC.O=C(O)Cc1ccc(NC(=O)/C=C/c2ccccc2)cc1.[HH]. The van der Waals surface area contributed by atoms with E-state index in [1.165, 1.54) is 6.08 Å². The molecule has 0 aliphatic carbocycles. The predicted octanol–water partition coefficient (Wildman–Crippen LogP) is 4.24. The van der Waals surface area contributed by atoms with Crippen LogP contribution < -0.4 is 5.32 Å². The molecule has 23 heavy (non-hydrogen) atoms. The van der Waals surface area contributed by atoms with Gasteiger partial charge in [0.25, 0.3) is 0 Å². The van der Waals surface area contributed by atoms with Crippen molar-refractivity contribution in [3.8, 4) is 0 Å². The quantitative estimate of drug-likeness (QED) is 0.811. The van der Waals surface area contributed by atoms with Crippen LogP contribution in [-0.4, -0.2) is 17.0 Å². The van der Waals surface area contributed by atoms with E-state index < -0.39 is 5.97 Å². The molecule has 0 saturated carbocycles. The molecule has 0 atom stereocenters. The summed E-state index contributed by atoms with van der Waals surface area (Å²) in [7, 11) is 0. The van der Waals surface area contributed by atoms with Crippen LogP contribution in [-0.2, 0) is 16.0 Å². The van der Waals surface area contributed by atoms with Crippen LogP contribution in [0.15, 0.2) is 60.7 Å². The Hall–Kier alpha value is -2.88. The number of hydrogen-bond donors (Lipinski definition) is 2. The van der Waals surface area contributed by atoms with Crippen molar-refractivity contribution in [2.75, 3.05) is 5.32 Å². The molecule has 1 amide bonds. The number of anilines is 1. The van der Waals surface area contributed by atoms with Crippen molar-refractivity contribution < 1.29 is 16.1 Å². The Labute approximate surface area is 138 Å². The van der Waals surface area contributed by atoms with Crippen LogP contribution >= 0.6 is 0 Å². The molecule has 0 aliphatic rings. The maximum Gasteiger partial charge on any atom is 0.307 e. The highest BCUT2D eigenvalue weighted by molar-refractivity contribution is 6.01. The number of carbonyl (C=O) groups excluding carboxylic acids is 1. The number of rotatable bonds is 5. The molecule has 0 aliphatic heterocycles. The Bertz CT molecular complexity index is 652. The molecule has 0 unspecified atom stereocenters. The summed E-state index contributed by atoms with van der Waals surface area (Å²) in [5.74, 6) is -1.11. The minimum absolute atomic E-state index is 0. The molecule has 0 bridgehead atoms. The lowest BCUT2D eigenvalue weighted by Crippen LogP contribution is -2.08. The first-order valence-corrected chi connectivity index (χ1v) is 7.48. The van der Waals surface area contributed by atoms with E-state index in [9.17, 15) is 9.59 Å². The number of hydrogen-bond acceptors (Lipinski definition) is 2. The molecule has 2 aromatic carbocycles. The van der Waals surface area contributed by atoms with Gasteiger partial charge in [-0.05, 0) is 29.3 Å². The summed E-state index contributed by atoms with van der Waals surface area (Å²) >= 11 is 0. The number of amides is 1. The van der Waals surface area contributed by atoms with Gasteiger partial charge in [-0.15, -0.1) is 0 Å². The molecule has 0 radical (unpaired) electrons. The van der Waals surface area contributed by atoms with Crippen LogP contribution in [0.3, 0.4) is 0 Å². The lowest BCUT2D eigenvalue weighted by molar-refractivity contribution is -0.136. The van der Waals surface area contributed by atoms with Crippen LogP contribution in [0.25, 0.3) is 6.08 Å². The highest BCUT2D eigenvalue weighted by atomic mass is 16.4. The maximum absolute atomic E-state index is 11.8. The summed E-state index contributed by atoms with van der Waals surface area (Å²) in [6, 6.07) is 16.3. The molecule has 0 heterocycles. The maximum atomic E-state index is 11.8. The van der Waals surface area contributed by atoms with Crippen molar-refractivity contribution in [3.63, 3.8) is 0 Å². The Morgan fingerprint density at radius 1 is 1.04 bits per heavy atom. The minimum Gasteiger partial charge on any atom is -0.481 e. The first-order valence-electron chi connectivity index (χ1n) is 7.48. The van der Waals surface area contributed by atoms with Crippen molar-refractivity contribution in [2.24, 2.45) is 0 Å². The van der Waals surface area contributed by atoms with Crippen LogP contribution in [0.2, 0.25) is 0 Å². The first kappa shape index (κ1) is 18.2. The fraction of sp³-hybridized carbons (Fsp3) is 0.158. The number of carboxylic acid groups (broad SMARTS) is 1. The second-order valence-corrected chi connectivity index (χ2v) is 4.50. The van der Waals surface area contributed by atoms with Gasteiger partial charge in [0, 0.05) is 13.2 Å². The average Bonchev–Trinajstić information content (AvgIpc) is 2.57. The van der Waals surface area contributed by atoms with E-state index in [1.807, 2.05) is 44.2 Å². The Morgan fingerprint density at radius 3 is 2.22 bits per heavy atom. The third kappa shape index (κ3) is 7.09. The van der Waals surface area contributed by atoms with E-state index in [1.54, 1.807) is 30.3 Å². The van der Waals surface area contributed by atoms with E-state index in [2.05, 4.69) is 5.32 Å². The summed E-state index contributed by atoms with van der Waals surface area (Å²) in [5.41, 5.74) is 2.27. The van der Waals surface area contributed by atoms with Crippen molar-refractivity contribution in [1.29, 1.82) is 0 Å². The lowest BCUT2D eigenvalue weighted by atomic mass is 10.1. The number of benzene rings is 2. The fourth-order valence-corrected chi connectivity index (χ4v) is 1.80. The molecule has 122 valence electrons. The molecule has 0 fully saturated rings. The van der Waals surface area contributed by atoms with E-state index >= 15 is 0 Å². The topological polar surface area (TPSA) is 66.4 Å². The average molecular weight is 313 g/mol. The van der Waals surface area contributed by atoms with Gasteiger partial charge < -0.3 is 10.4 Å². The van der Waals surface area contributed by atoms with Crippen molar-refractivity contribution in [3.05, 3.63) is 71.8 Å². The van der Waals surface area contributed by atoms with Crippen LogP contribution in [0.1, 0.15) is 26.4 Å². The summed E-state index contributed by atoms with van der Waals surface area (Å²) in [6.45, 7) is 4.00. The Morgan fingerprint density at radius 2 is 1.65 bits per heavy atom. The number of carbonyl (C=O) groups is 2. The van der Waals surface area contributed by atoms with Crippen molar-refractivity contribution in [2.45, 2.75) is 20.3 Å². The smallest absolute Gasteiger partial charge is 0.307 e. The molecule has 4 nitrogen and oxygen atoms in total. The van der Waals surface area contributed by atoms with Gasteiger partial charge in [-0.25, -0.2) is 0 Å². The molecular weight excluding hydrogens is 290 g/mol. The van der Waals surface area contributed by atoms with E-state index in [-0.39, 0.29) is 13.8 Å². The van der Waals surface area contributed by atoms with E-state index in [4.69, 9.17) is 5.11 Å². The van der Waals surface area contributed by atoms with Crippen LogP contribution in [0.4, 0.5) is 5.69 Å². The summed E-state index contributed by atoms with van der Waals surface area (Å²) in [4.78, 5) is 22.3. The highest BCUT2D eigenvalue weighted by Gasteiger charge is 2.01. The monoisotopic (exact) mass is 313 g/mol. The Balaban J connectivity index is 0.00000170. The van der Waals surface area contributed by atoms with Gasteiger partial charge in [0.15, 0.2) is 0 Å². The molecule has 2 rings (SSSR count). The summed E-state index contributed by atoms with van der Waals surface area (Å²) in [5, 5.41) is 11.4. The largest absolute Gasteiger partial charge is 0.481 e. The van der Waals surface area contributed by atoms with Gasteiger partial charge in [0.05, 0.1) is 6.42 Å². The van der Waals surface area contributed by atoms with Crippen molar-refractivity contribution in [1.82, 2.24) is 0 Å². The van der Waals surface area contributed by atoms with Crippen LogP contribution in [0.5, 0.6) is 0 Å². The summed E-state index contributed by atoms with van der Waals surface area (Å²) in [6.07, 6.45) is 3.16. The molecule has 4 heteroatoms. The third-order valence-corrected chi connectivity index (χ3v) is 2.80. The lowest BCUT2D eigenvalue weighted by Gasteiger charge is -2.03. The molecule has 2 N–H and O–H groups in total. The van der Waals surface area contributed by atoms with Crippen molar-refractivity contribution >= 4 is 23.6 Å². The first-order chi connectivity index (χ1) is 11.1. The molecule has 0 aromatic heterocycles. The van der Waals surface area contributed by atoms with Gasteiger partial charge in [0.1, 0.15) is 0 Å². The van der Waals surface area contributed by atoms with Gasteiger partial charge >= 0.3 is 5.97 Å². The van der Waals surface area contributed by atoms with Gasteiger partial charge in [-0.3, -0.25) is 9.59 Å².